The SMILES string of the molecule is CCNCc1c(S(=O)(=O)Nc2ccc(Br)cc2)n[nH]c1C. The average molecular weight is 373 g/mol. The first-order valence-corrected chi connectivity index (χ1v) is 8.74. The number of hydrogen-bond acceptors (Lipinski definition) is 4. The van der Waals surface area contributed by atoms with Crippen molar-refractivity contribution in [3.05, 3.63) is 40.0 Å². The van der Waals surface area contributed by atoms with Crippen LogP contribution in [0.25, 0.3) is 0 Å². The van der Waals surface area contributed by atoms with E-state index in [1.165, 1.54) is 0 Å². The number of hydrogen-bond donors (Lipinski definition) is 3. The molecule has 1 heterocycles. The third kappa shape index (κ3) is 3.84. The fourth-order valence-electron chi connectivity index (χ4n) is 1.83. The molecule has 0 bridgehead atoms. The maximum atomic E-state index is 12.5. The van der Waals surface area contributed by atoms with E-state index in [0.29, 0.717) is 17.8 Å². The molecule has 0 aliphatic rings. The third-order valence-corrected chi connectivity index (χ3v) is 4.82. The van der Waals surface area contributed by atoms with E-state index in [9.17, 15) is 8.42 Å². The highest BCUT2D eigenvalue weighted by Gasteiger charge is 2.23. The summed E-state index contributed by atoms with van der Waals surface area (Å²) < 4.78 is 28.3. The van der Waals surface area contributed by atoms with Gasteiger partial charge in [-0.3, -0.25) is 9.82 Å². The quantitative estimate of drug-likeness (QED) is 0.726. The number of H-pyrrole nitrogens is 1. The normalized spacial score (nSPS) is 11.6. The van der Waals surface area contributed by atoms with Crippen molar-refractivity contribution >= 4 is 31.6 Å². The first-order chi connectivity index (χ1) is 9.94. The van der Waals surface area contributed by atoms with Crippen LogP contribution in [0.1, 0.15) is 18.2 Å². The van der Waals surface area contributed by atoms with Crippen molar-refractivity contribution in [1.29, 1.82) is 0 Å². The van der Waals surface area contributed by atoms with Gasteiger partial charge in [0, 0.05) is 28.0 Å². The number of aryl methyl sites for hydroxylation is 1. The van der Waals surface area contributed by atoms with Gasteiger partial charge in [0.15, 0.2) is 0 Å². The van der Waals surface area contributed by atoms with Crippen molar-refractivity contribution in [2.75, 3.05) is 11.3 Å². The van der Waals surface area contributed by atoms with E-state index in [4.69, 9.17) is 0 Å². The van der Waals surface area contributed by atoms with Crippen LogP contribution in [0.5, 0.6) is 0 Å². The molecule has 0 saturated carbocycles. The largest absolute Gasteiger partial charge is 0.313 e. The fourth-order valence-corrected chi connectivity index (χ4v) is 3.35. The molecule has 3 N–H and O–H groups in total. The van der Waals surface area contributed by atoms with Crippen molar-refractivity contribution in [1.82, 2.24) is 15.5 Å². The molecule has 6 nitrogen and oxygen atoms in total. The molecule has 1 aromatic heterocycles. The minimum atomic E-state index is -3.71. The lowest BCUT2D eigenvalue weighted by Crippen LogP contribution is -2.19. The maximum Gasteiger partial charge on any atom is 0.281 e. The van der Waals surface area contributed by atoms with Crippen LogP contribution >= 0.6 is 15.9 Å². The zero-order valence-corrected chi connectivity index (χ0v) is 14.2. The molecule has 8 heteroatoms. The van der Waals surface area contributed by atoms with E-state index in [0.717, 1.165) is 16.7 Å². The van der Waals surface area contributed by atoms with Gasteiger partial charge in [-0.2, -0.15) is 13.5 Å². The maximum absolute atomic E-state index is 12.5. The van der Waals surface area contributed by atoms with Crippen LogP contribution in [0.15, 0.2) is 33.8 Å². The highest BCUT2D eigenvalue weighted by Crippen LogP contribution is 2.21. The summed E-state index contributed by atoms with van der Waals surface area (Å²) in [5.41, 5.74) is 1.89. The minimum Gasteiger partial charge on any atom is -0.313 e. The number of benzene rings is 1. The third-order valence-electron chi connectivity index (χ3n) is 2.94. The monoisotopic (exact) mass is 372 g/mol. The van der Waals surface area contributed by atoms with Gasteiger partial charge in [-0.15, -0.1) is 0 Å². The van der Waals surface area contributed by atoms with E-state index >= 15 is 0 Å². The van der Waals surface area contributed by atoms with Crippen LogP contribution in [-0.4, -0.2) is 25.2 Å². The van der Waals surface area contributed by atoms with Gasteiger partial charge in [0.05, 0.1) is 0 Å². The van der Waals surface area contributed by atoms with E-state index in [1.807, 2.05) is 6.92 Å². The smallest absolute Gasteiger partial charge is 0.281 e. The predicted molar refractivity (Wildman–Crippen MR) is 85.7 cm³/mol. The summed E-state index contributed by atoms with van der Waals surface area (Å²) in [6.45, 7) is 4.97. The summed E-state index contributed by atoms with van der Waals surface area (Å²) in [6, 6.07) is 6.91. The van der Waals surface area contributed by atoms with Crippen LogP contribution in [0.4, 0.5) is 5.69 Å². The van der Waals surface area contributed by atoms with Crippen molar-refractivity contribution < 1.29 is 8.42 Å². The standard InChI is InChI=1S/C13H17BrN4O2S/c1-3-15-8-12-9(2)16-17-13(12)21(19,20)18-11-6-4-10(14)5-7-11/h4-7,15,18H,3,8H2,1-2H3,(H,16,17). The van der Waals surface area contributed by atoms with Crippen molar-refractivity contribution in [2.45, 2.75) is 25.4 Å². The fraction of sp³-hybridized carbons (Fsp3) is 0.308. The topological polar surface area (TPSA) is 86.9 Å². The Morgan fingerprint density at radius 1 is 1.29 bits per heavy atom. The Morgan fingerprint density at radius 3 is 2.57 bits per heavy atom. The zero-order chi connectivity index (χ0) is 15.5. The van der Waals surface area contributed by atoms with Gasteiger partial charge in [0.25, 0.3) is 10.0 Å². The number of halogens is 1. The number of nitrogens with one attached hydrogen (secondary N) is 3. The van der Waals surface area contributed by atoms with Gasteiger partial charge in [-0.05, 0) is 37.7 Å². The van der Waals surface area contributed by atoms with Crippen LogP contribution in [0.2, 0.25) is 0 Å². The van der Waals surface area contributed by atoms with Gasteiger partial charge < -0.3 is 5.32 Å². The van der Waals surface area contributed by atoms with Crippen molar-refractivity contribution in [3.63, 3.8) is 0 Å². The van der Waals surface area contributed by atoms with Crippen molar-refractivity contribution in [2.24, 2.45) is 0 Å². The van der Waals surface area contributed by atoms with E-state index in [1.54, 1.807) is 31.2 Å². The van der Waals surface area contributed by atoms with Crippen LogP contribution in [0.3, 0.4) is 0 Å². The minimum absolute atomic E-state index is 0.0314. The van der Waals surface area contributed by atoms with Gasteiger partial charge in [0.2, 0.25) is 5.03 Å². The highest BCUT2D eigenvalue weighted by atomic mass is 79.9. The highest BCUT2D eigenvalue weighted by molar-refractivity contribution is 9.10. The molecule has 0 unspecified atom stereocenters. The van der Waals surface area contributed by atoms with Crippen molar-refractivity contribution in [3.8, 4) is 0 Å². The molecule has 2 rings (SSSR count). The number of rotatable bonds is 6. The van der Waals surface area contributed by atoms with Crippen LogP contribution in [-0.2, 0) is 16.6 Å². The van der Waals surface area contributed by atoms with Gasteiger partial charge >= 0.3 is 0 Å². The number of aromatic amines is 1. The zero-order valence-electron chi connectivity index (χ0n) is 11.8. The lowest BCUT2D eigenvalue weighted by molar-refractivity contribution is 0.594. The predicted octanol–water partition coefficient (Wildman–Crippen LogP) is 2.39. The van der Waals surface area contributed by atoms with Crippen LogP contribution in [0, 0.1) is 6.92 Å². The summed E-state index contributed by atoms with van der Waals surface area (Å²) >= 11 is 3.31. The number of sulfonamides is 1. The first-order valence-electron chi connectivity index (χ1n) is 6.47. The lowest BCUT2D eigenvalue weighted by atomic mass is 10.2. The second-order valence-corrected chi connectivity index (χ2v) is 7.04. The molecule has 0 amide bonds. The summed E-state index contributed by atoms with van der Waals surface area (Å²) in [6.07, 6.45) is 0. The Kier molecular flexibility index (Phi) is 5.02. The Morgan fingerprint density at radius 2 is 1.95 bits per heavy atom. The molecule has 0 aliphatic carbocycles. The average Bonchev–Trinajstić information content (AvgIpc) is 2.81. The molecule has 1 aromatic carbocycles. The molecule has 21 heavy (non-hydrogen) atoms. The van der Waals surface area contributed by atoms with Gasteiger partial charge in [-0.1, -0.05) is 22.9 Å². The Hall–Kier alpha value is -1.38. The second-order valence-electron chi connectivity index (χ2n) is 4.53. The molecule has 0 fully saturated rings. The Balaban J connectivity index is 2.29. The molecule has 0 atom stereocenters. The van der Waals surface area contributed by atoms with Gasteiger partial charge in [0.1, 0.15) is 0 Å². The second kappa shape index (κ2) is 6.59. The summed E-state index contributed by atoms with van der Waals surface area (Å²) in [5, 5.41) is 9.81. The molecule has 0 saturated heterocycles. The molecule has 114 valence electrons. The van der Waals surface area contributed by atoms with E-state index in [2.05, 4.69) is 36.2 Å². The molecular formula is C13H17BrN4O2S. The molecule has 0 spiro atoms. The molecule has 0 aliphatic heterocycles. The summed E-state index contributed by atoms with van der Waals surface area (Å²) in [7, 11) is -3.71. The molecule has 2 aromatic rings. The number of aromatic nitrogens is 2. The first kappa shape index (κ1) is 16.0. The molecular weight excluding hydrogens is 356 g/mol. The Bertz CT molecular complexity index is 710. The number of nitrogens with zero attached hydrogens (tertiary/aromatic N) is 1. The lowest BCUT2D eigenvalue weighted by Gasteiger charge is -2.08. The summed E-state index contributed by atoms with van der Waals surface area (Å²) in [5.74, 6) is 0. The Labute approximate surface area is 132 Å². The van der Waals surface area contributed by atoms with Crippen LogP contribution < -0.4 is 10.0 Å². The summed E-state index contributed by atoms with van der Waals surface area (Å²) in [4.78, 5) is 0. The van der Waals surface area contributed by atoms with Gasteiger partial charge in [-0.25, -0.2) is 0 Å². The van der Waals surface area contributed by atoms with E-state index < -0.39 is 10.0 Å². The van der Waals surface area contributed by atoms with E-state index in [-0.39, 0.29) is 5.03 Å². The molecule has 0 radical (unpaired) electrons. The number of anilines is 1.